The van der Waals surface area contributed by atoms with E-state index in [1.807, 2.05) is 0 Å². The number of thiazole rings is 1. The second-order valence-corrected chi connectivity index (χ2v) is 8.96. The van der Waals surface area contributed by atoms with E-state index in [9.17, 15) is 23.2 Å². The van der Waals surface area contributed by atoms with Gasteiger partial charge in [-0.15, -0.1) is 0 Å². The Balaban J connectivity index is 1.64. The van der Waals surface area contributed by atoms with Crippen molar-refractivity contribution in [2.45, 2.75) is 16.2 Å². The molecule has 146 valence electrons. The normalized spacial score (nSPS) is 23.2. The number of thioether (sulfide) groups is 1. The highest BCUT2D eigenvalue weighted by atomic mass is 32.2. The van der Waals surface area contributed by atoms with Crippen molar-refractivity contribution in [3.63, 3.8) is 0 Å². The first-order valence-corrected chi connectivity index (χ1v) is 10.4. The zero-order chi connectivity index (χ0) is 20.3. The van der Waals surface area contributed by atoms with Gasteiger partial charge in [0.05, 0.1) is 16.6 Å². The Kier molecular flexibility index (Phi) is 4.18. The SMILES string of the molecule is O=C1C2Sc3[nH]c(=O)sc3[C@H](c3ccc(F)cc3)C2C(=O)N1c1ccc(F)cc1. The summed E-state index contributed by atoms with van der Waals surface area (Å²) in [4.78, 5) is 42.6. The number of amides is 2. The van der Waals surface area contributed by atoms with Crippen LogP contribution in [0.3, 0.4) is 0 Å². The van der Waals surface area contributed by atoms with Crippen LogP contribution in [0.2, 0.25) is 0 Å². The lowest BCUT2D eigenvalue weighted by Gasteiger charge is -2.29. The number of H-pyrrole nitrogens is 1. The van der Waals surface area contributed by atoms with E-state index in [2.05, 4.69) is 4.98 Å². The lowest BCUT2D eigenvalue weighted by atomic mass is 9.83. The van der Waals surface area contributed by atoms with Crippen molar-refractivity contribution in [3.8, 4) is 0 Å². The van der Waals surface area contributed by atoms with Gasteiger partial charge in [-0.05, 0) is 42.0 Å². The molecule has 1 aromatic heterocycles. The van der Waals surface area contributed by atoms with Gasteiger partial charge in [0, 0.05) is 10.8 Å². The van der Waals surface area contributed by atoms with E-state index in [-0.39, 0.29) is 4.87 Å². The van der Waals surface area contributed by atoms with E-state index in [0.29, 0.717) is 21.2 Å². The Hall–Kier alpha value is -2.78. The monoisotopic (exact) mass is 430 g/mol. The fraction of sp³-hybridized carbons (Fsp3) is 0.150. The maximum Gasteiger partial charge on any atom is 0.305 e. The van der Waals surface area contributed by atoms with Crippen LogP contribution < -0.4 is 9.77 Å². The summed E-state index contributed by atoms with van der Waals surface area (Å²) in [5.74, 6) is -3.02. The summed E-state index contributed by atoms with van der Waals surface area (Å²) in [6.07, 6.45) is 0. The minimum absolute atomic E-state index is 0.273. The van der Waals surface area contributed by atoms with Gasteiger partial charge in [0.2, 0.25) is 11.8 Å². The van der Waals surface area contributed by atoms with Gasteiger partial charge in [0.25, 0.3) is 0 Å². The molecule has 9 heteroatoms. The lowest BCUT2D eigenvalue weighted by Crippen LogP contribution is -2.32. The van der Waals surface area contributed by atoms with Crippen LogP contribution in [0.4, 0.5) is 14.5 Å². The van der Waals surface area contributed by atoms with Crippen LogP contribution >= 0.6 is 23.1 Å². The molecule has 1 N–H and O–H groups in total. The van der Waals surface area contributed by atoms with Crippen LogP contribution in [0.15, 0.2) is 58.4 Å². The second-order valence-electron chi connectivity index (χ2n) is 6.79. The Morgan fingerprint density at radius 2 is 1.48 bits per heavy atom. The van der Waals surface area contributed by atoms with Gasteiger partial charge in [0.15, 0.2) is 0 Å². The van der Waals surface area contributed by atoms with Crippen molar-refractivity contribution in [1.82, 2.24) is 4.98 Å². The predicted octanol–water partition coefficient (Wildman–Crippen LogP) is 3.51. The van der Waals surface area contributed by atoms with Crippen molar-refractivity contribution in [2.24, 2.45) is 5.92 Å². The van der Waals surface area contributed by atoms with Crippen LogP contribution in [0, 0.1) is 17.6 Å². The molecule has 5 rings (SSSR count). The fourth-order valence-electron chi connectivity index (χ4n) is 3.89. The molecule has 2 amide bonds. The van der Waals surface area contributed by atoms with Crippen LogP contribution in [0.5, 0.6) is 0 Å². The third-order valence-electron chi connectivity index (χ3n) is 5.14. The number of rotatable bonds is 2. The molecule has 0 radical (unpaired) electrons. The molecule has 2 unspecified atom stereocenters. The number of aromatic amines is 1. The number of hydrogen-bond acceptors (Lipinski definition) is 5. The van der Waals surface area contributed by atoms with Crippen molar-refractivity contribution in [1.29, 1.82) is 0 Å². The highest BCUT2D eigenvalue weighted by Crippen LogP contribution is 2.53. The number of fused-ring (bicyclic) bond motifs is 2. The van der Waals surface area contributed by atoms with E-state index in [1.54, 1.807) is 12.1 Å². The van der Waals surface area contributed by atoms with Crippen LogP contribution in [0.1, 0.15) is 16.4 Å². The number of nitrogens with one attached hydrogen (secondary N) is 1. The van der Waals surface area contributed by atoms with Gasteiger partial charge in [-0.2, -0.15) is 0 Å². The number of hydrogen-bond donors (Lipinski definition) is 1. The topological polar surface area (TPSA) is 70.2 Å². The average Bonchev–Trinajstić information content (AvgIpc) is 3.19. The Bertz CT molecular complexity index is 1190. The standard InChI is InChI=1S/C20H12F2N2O3S2/c21-10-3-1-9(2-4-10)13-14-16(28-17-15(13)29-20(27)23-17)19(26)24(18(14)25)12-7-5-11(22)6-8-12/h1-8,13-14,16H,(H,23,27)/t13-,14?,16?/m1/s1. The molecule has 1 saturated heterocycles. The third kappa shape index (κ3) is 2.84. The molecule has 2 aliphatic rings. The van der Waals surface area contributed by atoms with Gasteiger partial charge < -0.3 is 4.98 Å². The maximum atomic E-state index is 13.5. The van der Waals surface area contributed by atoms with Gasteiger partial charge in [0.1, 0.15) is 16.9 Å². The van der Waals surface area contributed by atoms with E-state index >= 15 is 0 Å². The molecule has 2 aliphatic heterocycles. The molecule has 0 bridgehead atoms. The van der Waals surface area contributed by atoms with E-state index in [1.165, 1.54) is 36.4 Å². The van der Waals surface area contributed by atoms with Crippen LogP contribution in [-0.4, -0.2) is 22.0 Å². The minimum atomic E-state index is -0.748. The highest BCUT2D eigenvalue weighted by Gasteiger charge is 2.56. The molecular weight excluding hydrogens is 418 g/mol. The molecule has 3 aromatic rings. The number of halogens is 2. The summed E-state index contributed by atoms with van der Waals surface area (Å²) < 4.78 is 26.8. The number of anilines is 1. The maximum absolute atomic E-state index is 13.5. The van der Waals surface area contributed by atoms with E-state index in [0.717, 1.165) is 28.0 Å². The number of nitrogens with zero attached hydrogens (tertiary/aromatic N) is 1. The fourth-order valence-corrected chi connectivity index (χ4v) is 6.41. The van der Waals surface area contributed by atoms with E-state index in [4.69, 9.17) is 0 Å². The van der Waals surface area contributed by atoms with Crippen molar-refractivity contribution in [2.75, 3.05) is 4.90 Å². The number of imide groups is 1. The number of benzene rings is 2. The Labute approximate surface area is 171 Å². The molecule has 1 fully saturated rings. The third-order valence-corrected chi connectivity index (χ3v) is 7.54. The first-order valence-electron chi connectivity index (χ1n) is 8.72. The summed E-state index contributed by atoms with van der Waals surface area (Å²) in [7, 11) is 0. The smallest absolute Gasteiger partial charge is 0.305 e. The summed E-state index contributed by atoms with van der Waals surface area (Å²) in [6, 6.07) is 10.9. The van der Waals surface area contributed by atoms with Crippen LogP contribution in [-0.2, 0) is 9.59 Å². The molecule has 2 aromatic carbocycles. The lowest BCUT2D eigenvalue weighted by molar-refractivity contribution is -0.122. The predicted molar refractivity (Wildman–Crippen MR) is 105 cm³/mol. The second kappa shape index (κ2) is 6.64. The largest absolute Gasteiger partial charge is 0.307 e. The molecule has 0 saturated carbocycles. The van der Waals surface area contributed by atoms with Gasteiger partial charge in [-0.25, -0.2) is 13.7 Å². The average molecular weight is 430 g/mol. The van der Waals surface area contributed by atoms with Crippen LogP contribution in [0.25, 0.3) is 0 Å². The number of carbonyl (C=O) groups excluding carboxylic acids is 2. The van der Waals surface area contributed by atoms with Crippen molar-refractivity contribution >= 4 is 40.6 Å². The summed E-state index contributed by atoms with van der Waals surface area (Å²) in [6.45, 7) is 0. The summed E-state index contributed by atoms with van der Waals surface area (Å²) in [5.41, 5.74) is 0.950. The molecule has 29 heavy (non-hydrogen) atoms. The summed E-state index contributed by atoms with van der Waals surface area (Å²) in [5, 5.41) is -0.182. The molecule has 3 atom stereocenters. The first-order chi connectivity index (χ1) is 13.9. The molecule has 0 spiro atoms. The quantitative estimate of drug-likeness (QED) is 0.632. The minimum Gasteiger partial charge on any atom is -0.307 e. The van der Waals surface area contributed by atoms with Gasteiger partial charge in [-0.3, -0.25) is 14.4 Å². The summed E-state index contributed by atoms with van der Waals surface area (Å²) >= 11 is 2.15. The molecule has 0 aliphatic carbocycles. The number of aromatic nitrogens is 1. The van der Waals surface area contributed by atoms with Crippen molar-refractivity contribution < 1.29 is 18.4 Å². The van der Waals surface area contributed by atoms with Gasteiger partial charge in [-0.1, -0.05) is 35.2 Å². The molecule has 5 nitrogen and oxygen atoms in total. The number of carbonyl (C=O) groups is 2. The molecule has 3 heterocycles. The van der Waals surface area contributed by atoms with E-state index < -0.39 is 40.5 Å². The zero-order valence-electron chi connectivity index (χ0n) is 14.6. The van der Waals surface area contributed by atoms with Gasteiger partial charge >= 0.3 is 4.87 Å². The molecular formula is C20H12F2N2O3S2. The van der Waals surface area contributed by atoms with Crippen molar-refractivity contribution in [3.05, 3.63) is 80.3 Å². The zero-order valence-corrected chi connectivity index (χ0v) is 16.2. The Morgan fingerprint density at radius 1 is 0.862 bits per heavy atom. The highest BCUT2D eigenvalue weighted by molar-refractivity contribution is 8.00. The first kappa shape index (κ1) is 18.3. The Morgan fingerprint density at radius 3 is 2.14 bits per heavy atom.